The molecule has 5 nitrogen and oxygen atoms in total. The van der Waals surface area contributed by atoms with E-state index in [2.05, 4.69) is 0 Å². The van der Waals surface area contributed by atoms with Gasteiger partial charge in [-0.1, -0.05) is 12.1 Å². The molecule has 0 saturated carbocycles. The monoisotopic (exact) mass is 257 g/mol. The SMILES string of the molecule is O=C(O)N(CCOCCO)Cc1ccc(F)cc1. The van der Waals surface area contributed by atoms with Gasteiger partial charge in [0, 0.05) is 13.1 Å². The van der Waals surface area contributed by atoms with Crippen LogP contribution in [0.1, 0.15) is 5.56 Å². The summed E-state index contributed by atoms with van der Waals surface area (Å²) >= 11 is 0. The first-order valence-electron chi connectivity index (χ1n) is 5.54. The summed E-state index contributed by atoms with van der Waals surface area (Å²) in [5.74, 6) is -0.355. The molecule has 0 atom stereocenters. The van der Waals surface area contributed by atoms with E-state index in [9.17, 15) is 9.18 Å². The molecule has 0 heterocycles. The van der Waals surface area contributed by atoms with Crippen LogP contribution < -0.4 is 0 Å². The van der Waals surface area contributed by atoms with Gasteiger partial charge in [-0.25, -0.2) is 9.18 Å². The average molecular weight is 257 g/mol. The minimum atomic E-state index is -1.06. The highest BCUT2D eigenvalue weighted by Gasteiger charge is 2.11. The standard InChI is InChI=1S/C12H16FNO4/c13-11-3-1-10(2-4-11)9-14(12(16)17)5-7-18-8-6-15/h1-4,15H,5-9H2,(H,16,17). The van der Waals surface area contributed by atoms with Crippen LogP contribution in [0, 0.1) is 5.82 Å². The second-order valence-corrected chi connectivity index (χ2v) is 3.67. The van der Waals surface area contributed by atoms with Gasteiger partial charge in [0.05, 0.1) is 19.8 Å². The summed E-state index contributed by atoms with van der Waals surface area (Å²) < 4.78 is 17.7. The molecule has 0 fully saturated rings. The Kier molecular flexibility index (Phi) is 6.10. The first-order chi connectivity index (χ1) is 8.63. The highest BCUT2D eigenvalue weighted by atomic mass is 19.1. The van der Waals surface area contributed by atoms with Crippen molar-refractivity contribution in [3.05, 3.63) is 35.6 Å². The van der Waals surface area contributed by atoms with Crippen LogP contribution in [0.5, 0.6) is 0 Å². The van der Waals surface area contributed by atoms with E-state index in [-0.39, 0.29) is 38.7 Å². The molecule has 0 aromatic heterocycles. The number of aliphatic hydroxyl groups excluding tert-OH is 1. The van der Waals surface area contributed by atoms with Crippen molar-refractivity contribution in [3.63, 3.8) is 0 Å². The van der Waals surface area contributed by atoms with E-state index in [0.717, 1.165) is 0 Å². The Morgan fingerprint density at radius 1 is 1.28 bits per heavy atom. The highest BCUT2D eigenvalue weighted by Crippen LogP contribution is 2.06. The van der Waals surface area contributed by atoms with Crippen LogP contribution in [0.2, 0.25) is 0 Å². The number of carboxylic acid groups (broad SMARTS) is 1. The third-order valence-corrected chi connectivity index (χ3v) is 2.30. The van der Waals surface area contributed by atoms with Crippen molar-refractivity contribution in [2.45, 2.75) is 6.54 Å². The van der Waals surface area contributed by atoms with Gasteiger partial charge >= 0.3 is 6.09 Å². The topological polar surface area (TPSA) is 70.0 Å². The van der Waals surface area contributed by atoms with Crippen LogP contribution >= 0.6 is 0 Å². The Balaban J connectivity index is 2.47. The quantitative estimate of drug-likeness (QED) is 0.723. The minimum Gasteiger partial charge on any atom is -0.465 e. The molecule has 1 aromatic rings. The fourth-order valence-electron chi connectivity index (χ4n) is 1.39. The number of ether oxygens (including phenoxy) is 1. The number of nitrogens with zero attached hydrogens (tertiary/aromatic N) is 1. The molecule has 1 aromatic carbocycles. The lowest BCUT2D eigenvalue weighted by molar-refractivity contribution is 0.0697. The number of aliphatic hydroxyl groups is 1. The van der Waals surface area contributed by atoms with E-state index in [4.69, 9.17) is 14.9 Å². The van der Waals surface area contributed by atoms with Gasteiger partial charge in [0.25, 0.3) is 0 Å². The second kappa shape index (κ2) is 7.62. The first-order valence-corrected chi connectivity index (χ1v) is 5.54. The summed E-state index contributed by atoms with van der Waals surface area (Å²) in [5, 5.41) is 17.5. The molecule has 0 bridgehead atoms. The fourth-order valence-corrected chi connectivity index (χ4v) is 1.39. The lowest BCUT2D eigenvalue weighted by atomic mass is 10.2. The molecule has 100 valence electrons. The van der Waals surface area contributed by atoms with Crippen LogP contribution in [0.3, 0.4) is 0 Å². The lowest BCUT2D eigenvalue weighted by Gasteiger charge is -2.19. The zero-order valence-electron chi connectivity index (χ0n) is 9.88. The summed E-state index contributed by atoms with van der Waals surface area (Å²) in [5.41, 5.74) is 0.709. The maximum atomic E-state index is 12.7. The Labute approximate surface area is 104 Å². The fraction of sp³-hybridized carbons (Fsp3) is 0.417. The summed E-state index contributed by atoms with van der Waals surface area (Å²) in [7, 11) is 0. The highest BCUT2D eigenvalue weighted by molar-refractivity contribution is 5.64. The third-order valence-electron chi connectivity index (χ3n) is 2.30. The minimum absolute atomic E-state index is 0.0922. The van der Waals surface area contributed by atoms with Crippen LogP contribution in [-0.2, 0) is 11.3 Å². The molecular formula is C12H16FNO4. The van der Waals surface area contributed by atoms with E-state index in [1.807, 2.05) is 0 Å². The van der Waals surface area contributed by atoms with E-state index < -0.39 is 6.09 Å². The molecule has 0 aliphatic carbocycles. The normalized spacial score (nSPS) is 10.3. The summed E-state index contributed by atoms with van der Waals surface area (Å²) in [6.07, 6.45) is -1.06. The molecule has 0 aliphatic rings. The molecule has 0 saturated heterocycles. The van der Waals surface area contributed by atoms with Crippen molar-refractivity contribution < 1.29 is 24.1 Å². The first kappa shape index (κ1) is 14.4. The smallest absolute Gasteiger partial charge is 0.407 e. The Morgan fingerprint density at radius 3 is 2.50 bits per heavy atom. The van der Waals surface area contributed by atoms with Gasteiger partial charge in [-0.2, -0.15) is 0 Å². The zero-order valence-corrected chi connectivity index (χ0v) is 9.88. The van der Waals surface area contributed by atoms with E-state index in [1.54, 1.807) is 12.1 Å². The van der Waals surface area contributed by atoms with E-state index in [1.165, 1.54) is 17.0 Å². The molecule has 2 N–H and O–H groups in total. The van der Waals surface area contributed by atoms with Crippen LogP contribution in [0.15, 0.2) is 24.3 Å². The van der Waals surface area contributed by atoms with Crippen LogP contribution in [0.4, 0.5) is 9.18 Å². The molecular weight excluding hydrogens is 241 g/mol. The Bertz CT molecular complexity index is 369. The predicted molar refractivity (Wildman–Crippen MR) is 62.7 cm³/mol. The van der Waals surface area contributed by atoms with Gasteiger partial charge < -0.3 is 19.8 Å². The van der Waals surface area contributed by atoms with Crippen molar-refractivity contribution in [2.24, 2.45) is 0 Å². The molecule has 0 aliphatic heterocycles. The zero-order chi connectivity index (χ0) is 13.4. The summed E-state index contributed by atoms with van der Waals surface area (Å²) in [4.78, 5) is 12.2. The second-order valence-electron chi connectivity index (χ2n) is 3.67. The maximum absolute atomic E-state index is 12.7. The number of benzene rings is 1. The van der Waals surface area contributed by atoms with Crippen LogP contribution in [0.25, 0.3) is 0 Å². The van der Waals surface area contributed by atoms with Gasteiger partial charge in [-0.15, -0.1) is 0 Å². The van der Waals surface area contributed by atoms with Gasteiger partial charge in [0.15, 0.2) is 0 Å². The van der Waals surface area contributed by atoms with Crippen molar-refractivity contribution in [1.82, 2.24) is 4.90 Å². The van der Waals surface area contributed by atoms with Gasteiger partial charge in [0.2, 0.25) is 0 Å². The van der Waals surface area contributed by atoms with E-state index in [0.29, 0.717) is 5.56 Å². The molecule has 1 amide bonds. The van der Waals surface area contributed by atoms with Crippen molar-refractivity contribution in [1.29, 1.82) is 0 Å². The van der Waals surface area contributed by atoms with Crippen molar-refractivity contribution in [3.8, 4) is 0 Å². The van der Waals surface area contributed by atoms with Crippen molar-refractivity contribution >= 4 is 6.09 Å². The Morgan fingerprint density at radius 2 is 1.94 bits per heavy atom. The van der Waals surface area contributed by atoms with E-state index >= 15 is 0 Å². The largest absolute Gasteiger partial charge is 0.465 e. The maximum Gasteiger partial charge on any atom is 0.407 e. The number of rotatable bonds is 7. The average Bonchev–Trinajstić information content (AvgIpc) is 2.35. The predicted octanol–water partition coefficient (Wildman–Crippen LogP) is 1.31. The number of hydrogen-bond donors (Lipinski definition) is 2. The number of hydrogen-bond acceptors (Lipinski definition) is 3. The molecule has 18 heavy (non-hydrogen) atoms. The molecule has 6 heteroatoms. The third kappa shape index (κ3) is 5.11. The number of halogens is 1. The summed E-state index contributed by atoms with van der Waals surface area (Å²) in [6.45, 7) is 0.688. The van der Waals surface area contributed by atoms with Gasteiger partial charge in [0.1, 0.15) is 5.82 Å². The van der Waals surface area contributed by atoms with Gasteiger partial charge in [-0.05, 0) is 17.7 Å². The van der Waals surface area contributed by atoms with Crippen molar-refractivity contribution in [2.75, 3.05) is 26.4 Å². The molecule has 0 unspecified atom stereocenters. The number of amides is 1. The lowest BCUT2D eigenvalue weighted by Crippen LogP contribution is -2.32. The molecule has 1 rings (SSSR count). The molecule has 0 radical (unpaired) electrons. The van der Waals surface area contributed by atoms with Gasteiger partial charge in [-0.3, -0.25) is 0 Å². The molecule has 0 spiro atoms. The van der Waals surface area contributed by atoms with Crippen LogP contribution in [-0.4, -0.2) is 47.6 Å². The Hall–Kier alpha value is -1.66. The number of carbonyl (C=O) groups is 1. The summed E-state index contributed by atoms with van der Waals surface area (Å²) in [6, 6.07) is 5.66.